The number of fused-ring (bicyclic) bond motifs is 1. The Labute approximate surface area is 126 Å². The second kappa shape index (κ2) is 6.23. The second-order valence-electron chi connectivity index (χ2n) is 4.98. The van der Waals surface area contributed by atoms with Gasteiger partial charge in [-0.25, -0.2) is 4.39 Å². The van der Waals surface area contributed by atoms with Gasteiger partial charge in [0.2, 0.25) is 0 Å². The SMILES string of the molecule is CCOC(=O)[C@H](CN1C(=O)c2cccc(F)c2C1=O)[C@@H](C)O. The fourth-order valence-corrected chi connectivity index (χ4v) is 2.33. The summed E-state index contributed by atoms with van der Waals surface area (Å²) in [5, 5.41) is 9.69. The highest BCUT2D eigenvalue weighted by Gasteiger charge is 2.41. The number of hydrogen-bond donors (Lipinski definition) is 1. The van der Waals surface area contributed by atoms with E-state index in [-0.39, 0.29) is 24.3 Å². The molecule has 1 N–H and O–H groups in total. The molecule has 0 bridgehead atoms. The lowest BCUT2D eigenvalue weighted by molar-refractivity contribution is -0.151. The van der Waals surface area contributed by atoms with Gasteiger partial charge < -0.3 is 9.84 Å². The first-order chi connectivity index (χ1) is 10.4. The Morgan fingerprint density at radius 3 is 2.59 bits per heavy atom. The fraction of sp³-hybridized carbons (Fsp3) is 0.400. The first kappa shape index (κ1) is 16.1. The van der Waals surface area contributed by atoms with Gasteiger partial charge in [-0.2, -0.15) is 0 Å². The standard InChI is InChI=1S/C15H16FNO5/c1-3-22-15(21)10(8(2)18)7-17-13(19)9-5-4-6-11(16)12(9)14(17)20/h4-6,8,10,18H,3,7H2,1-2H3/t8-,10-/m1/s1. The topological polar surface area (TPSA) is 83.9 Å². The van der Waals surface area contributed by atoms with E-state index >= 15 is 0 Å². The minimum absolute atomic E-state index is 0.0433. The van der Waals surface area contributed by atoms with Crippen LogP contribution in [0.15, 0.2) is 18.2 Å². The molecule has 2 amide bonds. The van der Waals surface area contributed by atoms with Crippen LogP contribution in [0.5, 0.6) is 0 Å². The fourth-order valence-electron chi connectivity index (χ4n) is 2.33. The van der Waals surface area contributed by atoms with Crippen molar-refractivity contribution in [2.45, 2.75) is 20.0 Å². The minimum Gasteiger partial charge on any atom is -0.466 e. The molecule has 0 saturated carbocycles. The van der Waals surface area contributed by atoms with E-state index in [0.717, 1.165) is 11.0 Å². The summed E-state index contributed by atoms with van der Waals surface area (Å²) in [6.45, 7) is 2.72. The van der Waals surface area contributed by atoms with E-state index in [1.807, 2.05) is 0 Å². The number of rotatable bonds is 5. The average Bonchev–Trinajstić information content (AvgIpc) is 2.69. The molecular formula is C15H16FNO5. The number of halogens is 1. The van der Waals surface area contributed by atoms with E-state index in [9.17, 15) is 23.9 Å². The lowest BCUT2D eigenvalue weighted by Gasteiger charge is -2.23. The number of esters is 1. The smallest absolute Gasteiger partial charge is 0.313 e. The zero-order chi connectivity index (χ0) is 16.4. The molecule has 1 aromatic carbocycles. The van der Waals surface area contributed by atoms with Gasteiger partial charge in [0, 0.05) is 6.54 Å². The predicted octanol–water partition coefficient (Wildman–Crippen LogP) is 0.982. The molecule has 0 aliphatic carbocycles. The highest BCUT2D eigenvalue weighted by atomic mass is 19.1. The van der Waals surface area contributed by atoms with Crippen LogP contribution in [0.2, 0.25) is 0 Å². The van der Waals surface area contributed by atoms with Gasteiger partial charge in [-0.3, -0.25) is 19.3 Å². The van der Waals surface area contributed by atoms with Gasteiger partial charge in [0.25, 0.3) is 11.8 Å². The maximum absolute atomic E-state index is 13.7. The predicted molar refractivity (Wildman–Crippen MR) is 73.6 cm³/mol. The molecule has 1 aliphatic heterocycles. The number of nitrogens with zero attached hydrogens (tertiary/aromatic N) is 1. The van der Waals surface area contributed by atoms with Crippen LogP contribution in [0.1, 0.15) is 34.6 Å². The van der Waals surface area contributed by atoms with E-state index in [4.69, 9.17) is 4.74 Å². The third kappa shape index (κ3) is 2.71. The Morgan fingerprint density at radius 2 is 2.05 bits per heavy atom. The summed E-state index contributed by atoms with van der Waals surface area (Å²) in [5.74, 6) is -4.08. The first-order valence-electron chi connectivity index (χ1n) is 6.87. The lowest BCUT2D eigenvalue weighted by atomic mass is 10.0. The van der Waals surface area contributed by atoms with E-state index in [1.54, 1.807) is 6.92 Å². The van der Waals surface area contributed by atoms with Crippen LogP contribution < -0.4 is 0 Å². The number of aliphatic hydroxyl groups is 1. The summed E-state index contributed by atoms with van der Waals surface area (Å²) in [6, 6.07) is 3.77. The summed E-state index contributed by atoms with van der Waals surface area (Å²) in [6.07, 6.45) is -1.12. The number of amides is 2. The van der Waals surface area contributed by atoms with Crippen LogP contribution in [0.4, 0.5) is 4.39 Å². The minimum atomic E-state index is -1.12. The molecule has 0 fully saturated rings. The van der Waals surface area contributed by atoms with E-state index < -0.39 is 35.6 Å². The monoisotopic (exact) mass is 309 g/mol. The van der Waals surface area contributed by atoms with Crippen molar-refractivity contribution < 1.29 is 28.6 Å². The van der Waals surface area contributed by atoms with Gasteiger partial charge in [0.15, 0.2) is 0 Å². The van der Waals surface area contributed by atoms with Gasteiger partial charge in [-0.15, -0.1) is 0 Å². The maximum atomic E-state index is 13.7. The van der Waals surface area contributed by atoms with Crippen molar-refractivity contribution in [1.82, 2.24) is 4.90 Å². The summed E-state index contributed by atoms with van der Waals surface area (Å²) in [7, 11) is 0. The molecule has 22 heavy (non-hydrogen) atoms. The van der Waals surface area contributed by atoms with Crippen molar-refractivity contribution in [2.24, 2.45) is 5.92 Å². The van der Waals surface area contributed by atoms with Crippen molar-refractivity contribution in [1.29, 1.82) is 0 Å². The molecule has 0 aromatic heterocycles. The zero-order valence-corrected chi connectivity index (χ0v) is 12.2. The van der Waals surface area contributed by atoms with Gasteiger partial charge in [-0.05, 0) is 26.0 Å². The number of benzene rings is 1. The van der Waals surface area contributed by atoms with Crippen molar-refractivity contribution in [3.63, 3.8) is 0 Å². The number of imide groups is 1. The zero-order valence-electron chi connectivity index (χ0n) is 12.2. The molecule has 0 spiro atoms. The number of aliphatic hydroxyl groups excluding tert-OH is 1. The molecule has 2 atom stereocenters. The molecule has 0 unspecified atom stereocenters. The molecule has 0 radical (unpaired) electrons. The molecule has 1 aromatic rings. The Bertz CT molecular complexity index is 628. The summed E-state index contributed by atoms with van der Waals surface area (Å²) in [5.41, 5.74) is -0.348. The number of ether oxygens (including phenoxy) is 1. The van der Waals surface area contributed by atoms with Crippen molar-refractivity contribution in [3.8, 4) is 0 Å². The number of hydrogen-bond acceptors (Lipinski definition) is 5. The Balaban J connectivity index is 2.27. The third-order valence-corrected chi connectivity index (χ3v) is 3.50. The van der Waals surface area contributed by atoms with Gasteiger partial charge >= 0.3 is 5.97 Å². The first-order valence-corrected chi connectivity index (χ1v) is 6.87. The largest absolute Gasteiger partial charge is 0.466 e. The summed E-state index contributed by atoms with van der Waals surface area (Å²) >= 11 is 0. The highest BCUT2D eigenvalue weighted by Crippen LogP contribution is 2.26. The summed E-state index contributed by atoms with van der Waals surface area (Å²) < 4.78 is 18.5. The van der Waals surface area contributed by atoms with Gasteiger partial charge in [0.1, 0.15) is 11.7 Å². The molecule has 7 heteroatoms. The van der Waals surface area contributed by atoms with Crippen LogP contribution >= 0.6 is 0 Å². The highest BCUT2D eigenvalue weighted by molar-refractivity contribution is 6.21. The normalized spacial score (nSPS) is 16.5. The van der Waals surface area contributed by atoms with Crippen LogP contribution in [0.3, 0.4) is 0 Å². The molecule has 118 valence electrons. The Morgan fingerprint density at radius 1 is 1.36 bits per heavy atom. The van der Waals surface area contributed by atoms with E-state index in [1.165, 1.54) is 19.1 Å². The van der Waals surface area contributed by atoms with Gasteiger partial charge in [-0.1, -0.05) is 6.07 Å². The molecule has 6 nitrogen and oxygen atoms in total. The van der Waals surface area contributed by atoms with Crippen LogP contribution in [-0.2, 0) is 9.53 Å². The van der Waals surface area contributed by atoms with E-state index in [0.29, 0.717) is 0 Å². The molecule has 1 heterocycles. The van der Waals surface area contributed by atoms with Crippen LogP contribution in [-0.4, -0.2) is 47.0 Å². The van der Waals surface area contributed by atoms with Crippen LogP contribution in [0, 0.1) is 11.7 Å². The maximum Gasteiger partial charge on any atom is 0.313 e. The second-order valence-corrected chi connectivity index (χ2v) is 4.98. The van der Waals surface area contributed by atoms with Crippen LogP contribution in [0.25, 0.3) is 0 Å². The average molecular weight is 309 g/mol. The Hall–Kier alpha value is -2.28. The van der Waals surface area contributed by atoms with Crippen molar-refractivity contribution in [3.05, 3.63) is 35.1 Å². The van der Waals surface area contributed by atoms with E-state index in [2.05, 4.69) is 0 Å². The molecular weight excluding hydrogens is 293 g/mol. The van der Waals surface area contributed by atoms with Crippen molar-refractivity contribution in [2.75, 3.05) is 13.2 Å². The molecule has 2 rings (SSSR count). The Kier molecular flexibility index (Phi) is 4.56. The van der Waals surface area contributed by atoms with Gasteiger partial charge in [0.05, 0.1) is 23.8 Å². The molecule has 1 aliphatic rings. The number of carbonyl (C=O) groups is 3. The third-order valence-electron chi connectivity index (χ3n) is 3.50. The van der Waals surface area contributed by atoms with Crippen molar-refractivity contribution >= 4 is 17.8 Å². The lowest BCUT2D eigenvalue weighted by Crippen LogP contribution is -2.42. The molecule has 0 saturated heterocycles. The number of carbonyl (C=O) groups excluding carboxylic acids is 3. The summed E-state index contributed by atoms with van der Waals surface area (Å²) in [4.78, 5) is 37.0. The quantitative estimate of drug-likeness (QED) is 0.647.